The Balaban J connectivity index is 1.96. The van der Waals surface area contributed by atoms with Gasteiger partial charge in [-0.15, -0.1) is 0 Å². The Morgan fingerprint density at radius 3 is 2.50 bits per heavy atom. The molecule has 2 unspecified atom stereocenters. The normalized spacial score (nSPS) is 32.6. The van der Waals surface area contributed by atoms with E-state index in [0.29, 0.717) is 12.8 Å². The fourth-order valence-corrected chi connectivity index (χ4v) is 4.98. The van der Waals surface area contributed by atoms with Crippen LogP contribution in [0.4, 0.5) is 0 Å². The third kappa shape index (κ3) is 1.84. The van der Waals surface area contributed by atoms with E-state index in [0.717, 1.165) is 12.8 Å². The summed E-state index contributed by atoms with van der Waals surface area (Å²) >= 11 is 0. The molecule has 0 saturated carbocycles. The largest absolute Gasteiger partial charge is 0.393 e. The number of fused-ring (bicyclic) bond motifs is 2. The van der Waals surface area contributed by atoms with E-state index in [4.69, 9.17) is 0 Å². The predicted molar refractivity (Wildman–Crippen MR) is 65.3 cm³/mol. The lowest BCUT2D eigenvalue weighted by molar-refractivity contribution is 0.0768. The van der Waals surface area contributed by atoms with Crippen LogP contribution in [-0.4, -0.2) is 41.0 Å². The monoisotopic (exact) mass is 268 g/mol. The van der Waals surface area contributed by atoms with Gasteiger partial charge in [-0.25, -0.2) is 8.42 Å². The van der Waals surface area contributed by atoms with E-state index in [9.17, 15) is 13.5 Å². The number of hydrogen-bond donors (Lipinski definition) is 1. The van der Waals surface area contributed by atoms with Gasteiger partial charge in [-0.2, -0.15) is 4.31 Å². The van der Waals surface area contributed by atoms with Gasteiger partial charge in [-0.1, -0.05) is 0 Å². The molecule has 0 aromatic carbocycles. The number of sulfonamides is 1. The third-order valence-corrected chi connectivity index (χ3v) is 5.84. The average Bonchev–Trinajstić information content (AvgIpc) is 2.64. The molecule has 2 fully saturated rings. The molecule has 6 heteroatoms. The van der Waals surface area contributed by atoms with Crippen LogP contribution >= 0.6 is 0 Å². The number of aliphatic hydroxyl groups excluding tert-OH is 1. The standard InChI is InChI=1S/C12H16N2O3S/c15-11-6-9-3-4-10(7-11)14(9)18(16,17)12-2-1-5-13-8-12/h1-2,5,8-11,15H,3-4,6-7H2. The molecule has 2 bridgehead atoms. The molecule has 5 nitrogen and oxygen atoms in total. The van der Waals surface area contributed by atoms with Crippen LogP contribution in [0.2, 0.25) is 0 Å². The molecule has 3 heterocycles. The van der Waals surface area contributed by atoms with Crippen LogP contribution in [0.15, 0.2) is 29.4 Å². The lowest BCUT2D eigenvalue weighted by Gasteiger charge is -2.35. The Morgan fingerprint density at radius 1 is 1.28 bits per heavy atom. The van der Waals surface area contributed by atoms with Crippen molar-refractivity contribution in [2.24, 2.45) is 0 Å². The molecule has 1 N–H and O–H groups in total. The minimum Gasteiger partial charge on any atom is -0.393 e. The molecular formula is C12H16N2O3S. The van der Waals surface area contributed by atoms with E-state index in [-0.39, 0.29) is 23.1 Å². The lowest BCUT2D eigenvalue weighted by Crippen LogP contribution is -2.47. The maximum absolute atomic E-state index is 12.6. The SMILES string of the molecule is O=S(=O)(c1cccnc1)N1C2CCC1CC(O)C2. The van der Waals surface area contributed by atoms with Gasteiger partial charge in [0.25, 0.3) is 0 Å². The maximum atomic E-state index is 12.6. The van der Waals surface area contributed by atoms with Crippen LogP contribution in [0, 0.1) is 0 Å². The van der Waals surface area contributed by atoms with Gasteiger partial charge in [-0.3, -0.25) is 4.98 Å². The first-order valence-electron chi connectivity index (χ1n) is 6.20. The number of rotatable bonds is 2. The Kier molecular flexibility index (Phi) is 2.88. The molecule has 0 amide bonds. The van der Waals surface area contributed by atoms with Crippen LogP contribution in [0.25, 0.3) is 0 Å². The van der Waals surface area contributed by atoms with Crippen LogP contribution in [0.3, 0.4) is 0 Å². The molecule has 2 aliphatic rings. The predicted octanol–water partition coefficient (Wildman–Crippen LogP) is 0.758. The van der Waals surface area contributed by atoms with Gasteiger partial charge < -0.3 is 5.11 Å². The second-order valence-corrected chi connectivity index (χ2v) is 6.88. The maximum Gasteiger partial charge on any atom is 0.245 e. The minimum absolute atomic E-state index is 0.0519. The van der Waals surface area contributed by atoms with Crippen LogP contribution in [-0.2, 0) is 10.0 Å². The molecule has 0 aliphatic carbocycles. The minimum atomic E-state index is -3.46. The summed E-state index contributed by atoms with van der Waals surface area (Å²) in [5.41, 5.74) is 0. The van der Waals surface area contributed by atoms with Gasteiger partial charge in [0.05, 0.1) is 6.10 Å². The smallest absolute Gasteiger partial charge is 0.245 e. The quantitative estimate of drug-likeness (QED) is 0.859. The van der Waals surface area contributed by atoms with Crippen molar-refractivity contribution in [3.05, 3.63) is 24.5 Å². The fraction of sp³-hybridized carbons (Fsp3) is 0.583. The summed E-state index contributed by atoms with van der Waals surface area (Å²) in [4.78, 5) is 4.12. The zero-order valence-electron chi connectivity index (χ0n) is 9.94. The molecule has 1 aromatic rings. The van der Waals surface area contributed by atoms with Gasteiger partial charge in [0.15, 0.2) is 0 Å². The number of aromatic nitrogens is 1. The number of nitrogens with zero attached hydrogens (tertiary/aromatic N) is 2. The first kappa shape index (κ1) is 12.1. The van der Waals surface area contributed by atoms with Gasteiger partial charge in [-0.05, 0) is 37.8 Å². The van der Waals surface area contributed by atoms with Crippen molar-refractivity contribution in [2.45, 2.75) is 48.8 Å². The first-order valence-corrected chi connectivity index (χ1v) is 7.64. The molecule has 2 aliphatic heterocycles. The van der Waals surface area contributed by atoms with Gasteiger partial charge in [0.1, 0.15) is 4.90 Å². The number of piperidine rings is 1. The van der Waals surface area contributed by atoms with E-state index in [1.54, 1.807) is 22.6 Å². The highest BCUT2D eigenvalue weighted by molar-refractivity contribution is 7.89. The van der Waals surface area contributed by atoms with Gasteiger partial charge in [0, 0.05) is 24.5 Å². The van der Waals surface area contributed by atoms with Crippen LogP contribution in [0.1, 0.15) is 25.7 Å². The second-order valence-electron chi connectivity index (χ2n) is 5.03. The third-order valence-electron chi connectivity index (χ3n) is 3.85. The molecule has 0 spiro atoms. The zero-order chi connectivity index (χ0) is 12.8. The van der Waals surface area contributed by atoms with E-state index in [2.05, 4.69) is 4.98 Å². The summed E-state index contributed by atoms with van der Waals surface area (Å²) in [6.45, 7) is 0. The summed E-state index contributed by atoms with van der Waals surface area (Å²) in [7, 11) is -3.46. The Labute approximate surface area is 107 Å². The second kappa shape index (κ2) is 4.29. The Morgan fingerprint density at radius 2 is 1.94 bits per heavy atom. The van der Waals surface area contributed by atoms with Gasteiger partial charge >= 0.3 is 0 Å². The van der Waals surface area contributed by atoms with E-state index in [1.807, 2.05) is 0 Å². The van der Waals surface area contributed by atoms with Crippen molar-refractivity contribution in [3.8, 4) is 0 Å². The molecule has 3 rings (SSSR count). The summed E-state index contributed by atoms with van der Waals surface area (Å²) < 4.78 is 26.7. The molecule has 0 radical (unpaired) electrons. The summed E-state index contributed by atoms with van der Waals surface area (Å²) in [6, 6.07) is 3.10. The Hall–Kier alpha value is -0.980. The molecule has 1 aromatic heterocycles. The number of hydrogen-bond acceptors (Lipinski definition) is 4. The van der Waals surface area contributed by atoms with Crippen molar-refractivity contribution in [2.75, 3.05) is 0 Å². The van der Waals surface area contributed by atoms with Crippen molar-refractivity contribution in [1.29, 1.82) is 0 Å². The number of aliphatic hydroxyl groups is 1. The van der Waals surface area contributed by atoms with Crippen molar-refractivity contribution in [1.82, 2.24) is 9.29 Å². The summed E-state index contributed by atoms with van der Waals surface area (Å²) in [5, 5.41) is 9.71. The number of pyridine rings is 1. The van der Waals surface area contributed by atoms with Crippen LogP contribution < -0.4 is 0 Å². The van der Waals surface area contributed by atoms with Crippen molar-refractivity contribution in [3.63, 3.8) is 0 Å². The molecule has 2 saturated heterocycles. The van der Waals surface area contributed by atoms with Crippen molar-refractivity contribution >= 4 is 10.0 Å². The van der Waals surface area contributed by atoms with E-state index in [1.165, 1.54) is 6.20 Å². The highest BCUT2D eigenvalue weighted by atomic mass is 32.2. The van der Waals surface area contributed by atoms with Crippen molar-refractivity contribution < 1.29 is 13.5 Å². The molecular weight excluding hydrogens is 252 g/mol. The zero-order valence-corrected chi connectivity index (χ0v) is 10.8. The molecule has 18 heavy (non-hydrogen) atoms. The topological polar surface area (TPSA) is 70.5 Å². The summed E-state index contributed by atoms with van der Waals surface area (Å²) in [5.74, 6) is 0. The lowest BCUT2D eigenvalue weighted by atomic mass is 10.0. The van der Waals surface area contributed by atoms with Gasteiger partial charge in [0.2, 0.25) is 10.0 Å². The molecule has 98 valence electrons. The highest BCUT2D eigenvalue weighted by Crippen LogP contribution is 2.39. The van der Waals surface area contributed by atoms with E-state index >= 15 is 0 Å². The highest BCUT2D eigenvalue weighted by Gasteiger charge is 2.46. The average molecular weight is 268 g/mol. The summed E-state index contributed by atoms with van der Waals surface area (Å²) in [6.07, 6.45) is 5.39. The first-order chi connectivity index (χ1) is 8.59. The molecule has 2 atom stereocenters. The fourth-order valence-electron chi connectivity index (χ4n) is 3.12. The van der Waals surface area contributed by atoms with E-state index < -0.39 is 10.0 Å². The Bertz CT molecular complexity index is 518. The van der Waals surface area contributed by atoms with Crippen LogP contribution in [0.5, 0.6) is 0 Å².